The maximum atomic E-state index is 12.5. The fourth-order valence-electron chi connectivity index (χ4n) is 2.97. The number of nitrogens with zero attached hydrogens (tertiary/aromatic N) is 1. The fourth-order valence-corrected chi connectivity index (χ4v) is 3.23. The van der Waals surface area contributed by atoms with Gasteiger partial charge in [-0.3, -0.25) is 4.79 Å². The number of nitrogens with two attached hydrogens (primary N) is 1. The zero-order valence-corrected chi connectivity index (χ0v) is 14.5. The largest absolute Gasteiger partial charge is 0.342 e. The van der Waals surface area contributed by atoms with Crippen LogP contribution < -0.4 is 5.73 Å². The van der Waals surface area contributed by atoms with Gasteiger partial charge < -0.3 is 10.6 Å². The minimum absolute atomic E-state index is 0.171. The van der Waals surface area contributed by atoms with Crippen LogP contribution in [0.4, 0.5) is 0 Å². The van der Waals surface area contributed by atoms with Crippen LogP contribution in [0, 0.1) is 5.92 Å². The van der Waals surface area contributed by atoms with Crippen LogP contribution in [0.2, 0.25) is 0 Å². The van der Waals surface area contributed by atoms with E-state index in [1.54, 1.807) is 0 Å². The van der Waals surface area contributed by atoms with Crippen LogP contribution >= 0.6 is 15.9 Å². The summed E-state index contributed by atoms with van der Waals surface area (Å²) >= 11 is 3.44. The first-order valence-corrected chi connectivity index (χ1v) is 8.55. The summed E-state index contributed by atoms with van der Waals surface area (Å²) in [6.07, 6.45) is 2.79. The molecular formula is C17H25BrN2O. The zero-order valence-electron chi connectivity index (χ0n) is 12.9. The quantitative estimate of drug-likeness (QED) is 0.900. The van der Waals surface area contributed by atoms with Crippen molar-refractivity contribution in [1.29, 1.82) is 0 Å². The summed E-state index contributed by atoms with van der Waals surface area (Å²) in [5, 5.41) is 0. The van der Waals surface area contributed by atoms with Crippen LogP contribution in [-0.2, 0) is 4.79 Å². The van der Waals surface area contributed by atoms with E-state index in [0.717, 1.165) is 30.4 Å². The Morgan fingerprint density at radius 3 is 2.67 bits per heavy atom. The standard InChI is InChI=1S/C17H25BrN2O/c1-12(14-5-7-16(18)8-6-14)10-17(21)20-9-3-4-15(11-20)13(2)19/h5-8,12-13,15H,3-4,9-11,19H2,1-2H3. The molecule has 0 radical (unpaired) electrons. The molecule has 0 saturated carbocycles. The molecule has 1 aromatic carbocycles. The van der Waals surface area contributed by atoms with Gasteiger partial charge in [0.25, 0.3) is 0 Å². The van der Waals surface area contributed by atoms with E-state index in [1.165, 1.54) is 5.56 Å². The average molecular weight is 353 g/mol. The first kappa shape index (κ1) is 16.5. The minimum Gasteiger partial charge on any atom is -0.342 e. The van der Waals surface area contributed by atoms with E-state index in [-0.39, 0.29) is 17.9 Å². The highest BCUT2D eigenvalue weighted by molar-refractivity contribution is 9.10. The molecule has 3 atom stereocenters. The maximum Gasteiger partial charge on any atom is 0.223 e. The van der Waals surface area contributed by atoms with E-state index in [9.17, 15) is 4.79 Å². The molecule has 1 fully saturated rings. The third-order valence-corrected chi connectivity index (χ3v) is 5.00. The smallest absolute Gasteiger partial charge is 0.223 e. The number of carbonyl (C=O) groups excluding carboxylic acids is 1. The molecule has 1 aliphatic heterocycles. The molecule has 0 spiro atoms. The second-order valence-corrected chi connectivity index (χ2v) is 7.17. The summed E-state index contributed by atoms with van der Waals surface area (Å²) in [4.78, 5) is 14.5. The van der Waals surface area contributed by atoms with Gasteiger partial charge in [-0.25, -0.2) is 0 Å². The molecular weight excluding hydrogens is 328 g/mol. The van der Waals surface area contributed by atoms with Crippen molar-refractivity contribution in [2.75, 3.05) is 13.1 Å². The normalized spacial score (nSPS) is 21.9. The lowest BCUT2D eigenvalue weighted by atomic mass is 9.91. The molecule has 116 valence electrons. The first-order valence-electron chi connectivity index (χ1n) is 7.76. The number of halogens is 1. The summed E-state index contributed by atoms with van der Waals surface area (Å²) in [6.45, 7) is 5.87. The number of piperidine rings is 1. The van der Waals surface area contributed by atoms with Gasteiger partial charge in [0, 0.05) is 30.0 Å². The second kappa shape index (κ2) is 7.41. The molecule has 2 N–H and O–H groups in total. The summed E-state index contributed by atoms with van der Waals surface area (Å²) in [6, 6.07) is 8.41. The average Bonchev–Trinajstić information content (AvgIpc) is 2.48. The summed E-state index contributed by atoms with van der Waals surface area (Å²) in [5.74, 6) is 0.961. The predicted octanol–water partition coefficient (Wildman–Crippen LogP) is 3.53. The number of likely N-dealkylation sites (tertiary alicyclic amines) is 1. The SMILES string of the molecule is CC(CC(=O)N1CCCC(C(C)N)C1)c1ccc(Br)cc1. The molecule has 0 bridgehead atoms. The maximum absolute atomic E-state index is 12.5. The van der Waals surface area contributed by atoms with Crippen LogP contribution in [0.5, 0.6) is 0 Å². The molecule has 3 unspecified atom stereocenters. The Hall–Kier alpha value is -0.870. The molecule has 4 heteroatoms. The van der Waals surface area contributed by atoms with Gasteiger partial charge in [-0.15, -0.1) is 0 Å². The number of rotatable bonds is 4. The Labute approximate surface area is 136 Å². The van der Waals surface area contributed by atoms with Crippen molar-refractivity contribution in [3.63, 3.8) is 0 Å². The lowest BCUT2D eigenvalue weighted by Gasteiger charge is -2.35. The van der Waals surface area contributed by atoms with Crippen LogP contribution in [0.15, 0.2) is 28.7 Å². The Kier molecular flexibility index (Phi) is 5.82. The lowest BCUT2D eigenvalue weighted by molar-refractivity contribution is -0.133. The van der Waals surface area contributed by atoms with Crippen molar-refractivity contribution in [1.82, 2.24) is 4.90 Å². The number of carbonyl (C=O) groups is 1. The summed E-state index contributed by atoms with van der Waals surface area (Å²) in [7, 11) is 0. The van der Waals surface area contributed by atoms with Gasteiger partial charge in [-0.1, -0.05) is 35.0 Å². The topological polar surface area (TPSA) is 46.3 Å². The van der Waals surface area contributed by atoms with Gasteiger partial charge in [0.1, 0.15) is 0 Å². The predicted molar refractivity (Wildman–Crippen MR) is 90.1 cm³/mol. The molecule has 1 heterocycles. The van der Waals surface area contributed by atoms with E-state index in [0.29, 0.717) is 12.3 Å². The number of amides is 1. The van der Waals surface area contributed by atoms with E-state index in [1.807, 2.05) is 24.0 Å². The molecule has 1 saturated heterocycles. The Morgan fingerprint density at radius 1 is 1.38 bits per heavy atom. The van der Waals surface area contributed by atoms with Gasteiger partial charge in [-0.05, 0) is 49.3 Å². The van der Waals surface area contributed by atoms with Crippen LogP contribution in [0.3, 0.4) is 0 Å². The van der Waals surface area contributed by atoms with E-state index in [4.69, 9.17) is 5.73 Å². The monoisotopic (exact) mass is 352 g/mol. The number of benzene rings is 1. The van der Waals surface area contributed by atoms with Crippen molar-refractivity contribution in [2.45, 2.75) is 45.1 Å². The molecule has 3 nitrogen and oxygen atoms in total. The first-order chi connectivity index (χ1) is 9.97. The van der Waals surface area contributed by atoms with Crippen molar-refractivity contribution >= 4 is 21.8 Å². The van der Waals surface area contributed by atoms with Crippen molar-refractivity contribution in [3.05, 3.63) is 34.3 Å². The molecule has 0 aromatic heterocycles. The van der Waals surface area contributed by atoms with Crippen LogP contribution in [0.1, 0.15) is 44.6 Å². The van der Waals surface area contributed by atoms with E-state index >= 15 is 0 Å². The fraction of sp³-hybridized carbons (Fsp3) is 0.588. The molecule has 2 rings (SSSR count). The Morgan fingerprint density at radius 2 is 2.05 bits per heavy atom. The van der Waals surface area contributed by atoms with Gasteiger partial charge >= 0.3 is 0 Å². The Balaban J connectivity index is 1.92. The van der Waals surface area contributed by atoms with Gasteiger partial charge in [0.2, 0.25) is 5.91 Å². The zero-order chi connectivity index (χ0) is 15.4. The molecule has 1 amide bonds. The third kappa shape index (κ3) is 4.55. The minimum atomic E-state index is 0.171. The molecule has 1 aromatic rings. The van der Waals surface area contributed by atoms with Gasteiger partial charge in [0.15, 0.2) is 0 Å². The Bertz CT molecular complexity index is 472. The second-order valence-electron chi connectivity index (χ2n) is 6.26. The van der Waals surface area contributed by atoms with Crippen LogP contribution in [0.25, 0.3) is 0 Å². The van der Waals surface area contributed by atoms with Crippen molar-refractivity contribution in [3.8, 4) is 0 Å². The summed E-state index contributed by atoms with van der Waals surface area (Å²) in [5.41, 5.74) is 7.21. The van der Waals surface area contributed by atoms with Crippen molar-refractivity contribution < 1.29 is 4.79 Å². The highest BCUT2D eigenvalue weighted by Crippen LogP contribution is 2.24. The van der Waals surface area contributed by atoms with Crippen LogP contribution in [-0.4, -0.2) is 29.9 Å². The summed E-state index contributed by atoms with van der Waals surface area (Å²) < 4.78 is 1.07. The highest BCUT2D eigenvalue weighted by atomic mass is 79.9. The number of hydrogen-bond acceptors (Lipinski definition) is 2. The van der Waals surface area contributed by atoms with Crippen molar-refractivity contribution in [2.24, 2.45) is 11.7 Å². The van der Waals surface area contributed by atoms with E-state index in [2.05, 4.69) is 35.0 Å². The number of hydrogen-bond donors (Lipinski definition) is 1. The van der Waals surface area contributed by atoms with E-state index < -0.39 is 0 Å². The molecule has 21 heavy (non-hydrogen) atoms. The molecule has 0 aliphatic carbocycles. The van der Waals surface area contributed by atoms with Gasteiger partial charge in [-0.2, -0.15) is 0 Å². The van der Waals surface area contributed by atoms with Gasteiger partial charge in [0.05, 0.1) is 0 Å². The lowest BCUT2D eigenvalue weighted by Crippen LogP contribution is -2.45. The highest BCUT2D eigenvalue weighted by Gasteiger charge is 2.26. The molecule has 1 aliphatic rings. The third-order valence-electron chi connectivity index (χ3n) is 4.47.